The van der Waals surface area contributed by atoms with Crippen LogP contribution in [0, 0.1) is 11.3 Å². The number of nitrogens with zero attached hydrogens (tertiary/aromatic N) is 1. The first-order chi connectivity index (χ1) is 12.8. The van der Waals surface area contributed by atoms with Crippen LogP contribution in [0.5, 0.6) is 0 Å². The maximum absolute atomic E-state index is 12.7. The van der Waals surface area contributed by atoms with Gasteiger partial charge in [0.25, 0.3) is 5.91 Å². The van der Waals surface area contributed by atoms with Crippen LogP contribution in [0.4, 0.5) is 0 Å². The average Bonchev–Trinajstić information content (AvgIpc) is 3.48. The van der Waals surface area contributed by atoms with Crippen LogP contribution in [0.25, 0.3) is 0 Å². The molecule has 1 saturated carbocycles. The quantitative estimate of drug-likeness (QED) is 0.808. The van der Waals surface area contributed by atoms with Gasteiger partial charge < -0.3 is 15.5 Å². The smallest absolute Gasteiger partial charge is 0.253 e. The number of benzene rings is 1. The molecule has 1 aromatic carbocycles. The summed E-state index contributed by atoms with van der Waals surface area (Å²) in [6.45, 7) is 8.97. The van der Waals surface area contributed by atoms with Crippen molar-refractivity contribution in [2.24, 2.45) is 11.3 Å². The van der Waals surface area contributed by atoms with E-state index in [4.69, 9.17) is 0 Å². The van der Waals surface area contributed by atoms with Crippen molar-refractivity contribution in [1.82, 2.24) is 15.5 Å². The van der Waals surface area contributed by atoms with E-state index in [0.29, 0.717) is 12.6 Å². The first-order valence-corrected chi connectivity index (χ1v) is 10.2. The summed E-state index contributed by atoms with van der Waals surface area (Å²) in [6.07, 6.45) is 4.82. The minimum Gasteiger partial charge on any atom is -0.352 e. The molecule has 1 heterocycles. The molecule has 2 N–H and O–H groups in total. The summed E-state index contributed by atoms with van der Waals surface area (Å²) in [5.74, 6) is 1.04. The summed E-state index contributed by atoms with van der Waals surface area (Å²) >= 11 is 0. The molecule has 1 aliphatic carbocycles. The van der Waals surface area contributed by atoms with Crippen LogP contribution in [0.1, 0.15) is 62.4 Å². The minimum absolute atomic E-state index is 0.0285. The lowest BCUT2D eigenvalue weighted by molar-refractivity contribution is -0.128. The molecule has 1 aromatic rings. The highest BCUT2D eigenvalue weighted by atomic mass is 16.2. The Bertz CT molecular complexity index is 651. The molecule has 27 heavy (non-hydrogen) atoms. The van der Waals surface area contributed by atoms with Crippen molar-refractivity contribution in [3.8, 4) is 0 Å². The Labute approximate surface area is 162 Å². The predicted octanol–water partition coefficient (Wildman–Crippen LogP) is 2.95. The monoisotopic (exact) mass is 371 g/mol. The number of hydrogen-bond donors (Lipinski definition) is 2. The van der Waals surface area contributed by atoms with Gasteiger partial charge in [0.05, 0.1) is 0 Å². The summed E-state index contributed by atoms with van der Waals surface area (Å²) in [4.78, 5) is 26.6. The van der Waals surface area contributed by atoms with Crippen molar-refractivity contribution in [1.29, 1.82) is 0 Å². The van der Waals surface area contributed by atoms with E-state index in [1.165, 1.54) is 12.8 Å². The second kappa shape index (κ2) is 8.42. The molecule has 1 aliphatic heterocycles. The minimum atomic E-state index is -0.393. The van der Waals surface area contributed by atoms with Crippen LogP contribution >= 0.6 is 0 Å². The van der Waals surface area contributed by atoms with Crippen LogP contribution in [0.15, 0.2) is 24.3 Å². The number of carbonyl (C=O) groups excluding carboxylic acids is 2. The van der Waals surface area contributed by atoms with E-state index in [-0.39, 0.29) is 11.8 Å². The fourth-order valence-corrected chi connectivity index (χ4v) is 3.34. The Morgan fingerprint density at radius 2 is 1.67 bits per heavy atom. The number of likely N-dealkylation sites (tertiary alicyclic amines) is 1. The Balaban J connectivity index is 1.45. The second-order valence-corrected chi connectivity index (χ2v) is 9.05. The number of rotatable bonds is 6. The van der Waals surface area contributed by atoms with Gasteiger partial charge in [-0.15, -0.1) is 0 Å². The zero-order valence-electron chi connectivity index (χ0n) is 16.9. The van der Waals surface area contributed by atoms with Gasteiger partial charge in [-0.25, -0.2) is 0 Å². The normalized spacial score (nSPS) is 18.4. The van der Waals surface area contributed by atoms with Crippen LogP contribution in [0.2, 0.25) is 0 Å². The summed E-state index contributed by atoms with van der Waals surface area (Å²) in [7, 11) is 0. The van der Waals surface area contributed by atoms with E-state index in [0.717, 1.165) is 49.5 Å². The third-order valence-electron chi connectivity index (χ3n) is 5.51. The Kier molecular flexibility index (Phi) is 6.20. The summed E-state index contributed by atoms with van der Waals surface area (Å²) in [6, 6.07) is 8.17. The highest BCUT2D eigenvalue weighted by Crippen LogP contribution is 2.28. The number of piperidine rings is 1. The van der Waals surface area contributed by atoms with Crippen molar-refractivity contribution in [3.05, 3.63) is 35.4 Å². The molecule has 2 fully saturated rings. The lowest BCUT2D eigenvalue weighted by Gasteiger charge is -2.32. The third kappa shape index (κ3) is 5.80. The number of nitrogens with one attached hydrogen (secondary N) is 2. The molecule has 2 amide bonds. The lowest BCUT2D eigenvalue weighted by Crippen LogP contribution is -2.45. The highest BCUT2D eigenvalue weighted by Gasteiger charge is 2.26. The average molecular weight is 372 g/mol. The molecule has 3 rings (SSSR count). The molecule has 1 saturated heterocycles. The summed E-state index contributed by atoms with van der Waals surface area (Å²) in [5, 5.41) is 6.59. The van der Waals surface area contributed by atoms with E-state index in [1.54, 1.807) is 0 Å². The van der Waals surface area contributed by atoms with Crippen LogP contribution < -0.4 is 10.6 Å². The van der Waals surface area contributed by atoms with E-state index in [2.05, 4.69) is 10.6 Å². The second-order valence-electron chi connectivity index (χ2n) is 9.05. The van der Waals surface area contributed by atoms with E-state index < -0.39 is 5.41 Å². The first-order valence-electron chi connectivity index (χ1n) is 10.2. The SMILES string of the molecule is CC(C)(C)C(=O)NCc1ccc(C(=O)N2CCC(NCC3CC3)CC2)cc1. The fraction of sp³-hybridized carbons (Fsp3) is 0.636. The number of carbonyl (C=O) groups is 2. The van der Waals surface area contributed by atoms with Gasteiger partial charge in [-0.05, 0) is 55.8 Å². The zero-order chi connectivity index (χ0) is 19.4. The summed E-state index contributed by atoms with van der Waals surface area (Å²) < 4.78 is 0. The standard InChI is InChI=1S/C22H33N3O2/c1-22(2,3)21(27)24-15-17-6-8-18(9-7-17)20(26)25-12-10-19(11-13-25)23-14-16-4-5-16/h6-9,16,19,23H,4-5,10-15H2,1-3H3,(H,24,27). The molecular weight excluding hydrogens is 338 g/mol. The van der Waals surface area contributed by atoms with Gasteiger partial charge in [0, 0.05) is 36.7 Å². The number of hydrogen-bond acceptors (Lipinski definition) is 3. The van der Waals surface area contributed by atoms with Crippen LogP contribution in [-0.2, 0) is 11.3 Å². The molecule has 0 radical (unpaired) electrons. The molecule has 0 unspecified atom stereocenters. The van der Waals surface area contributed by atoms with E-state index in [9.17, 15) is 9.59 Å². The van der Waals surface area contributed by atoms with Gasteiger partial charge in [0.15, 0.2) is 0 Å². The molecule has 0 aromatic heterocycles. The first kappa shape index (κ1) is 19.9. The highest BCUT2D eigenvalue weighted by molar-refractivity contribution is 5.94. The Morgan fingerprint density at radius 1 is 1.04 bits per heavy atom. The lowest BCUT2D eigenvalue weighted by atomic mass is 9.95. The summed E-state index contributed by atoms with van der Waals surface area (Å²) in [5.41, 5.74) is 1.34. The predicted molar refractivity (Wildman–Crippen MR) is 107 cm³/mol. The molecule has 148 valence electrons. The molecule has 5 nitrogen and oxygen atoms in total. The van der Waals surface area contributed by atoms with Gasteiger partial charge in [0.2, 0.25) is 5.91 Å². The topological polar surface area (TPSA) is 61.4 Å². The van der Waals surface area contributed by atoms with Gasteiger partial charge >= 0.3 is 0 Å². The largest absolute Gasteiger partial charge is 0.352 e. The molecular formula is C22H33N3O2. The van der Waals surface area contributed by atoms with Crippen molar-refractivity contribution < 1.29 is 9.59 Å². The molecule has 0 atom stereocenters. The Hall–Kier alpha value is -1.88. The van der Waals surface area contributed by atoms with Gasteiger partial charge in [-0.1, -0.05) is 32.9 Å². The van der Waals surface area contributed by atoms with Crippen molar-refractivity contribution in [2.45, 2.75) is 59.0 Å². The van der Waals surface area contributed by atoms with Gasteiger partial charge in [-0.3, -0.25) is 9.59 Å². The van der Waals surface area contributed by atoms with Gasteiger partial charge in [0.1, 0.15) is 0 Å². The zero-order valence-corrected chi connectivity index (χ0v) is 16.9. The molecule has 5 heteroatoms. The molecule has 0 spiro atoms. The Morgan fingerprint density at radius 3 is 2.22 bits per heavy atom. The third-order valence-corrected chi connectivity index (χ3v) is 5.51. The van der Waals surface area contributed by atoms with Gasteiger partial charge in [-0.2, -0.15) is 0 Å². The van der Waals surface area contributed by atoms with Crippen molar-refractivity contribution >= 4 is 11.8 Å². The maximum atomic E-state index is 12.7. The van der Waals surface area contributed by atoms with Crippen molar-refractivity contribution in [2.75, 3.05) is 19.6 Å². The van der Waals surface area contributed by atoms with Crippen LogP contribution in [-0.4, -0.2) is 42.4 Å². The molecule has 2 aliphatic rings. The van der Waals surface area contributed by atoms with Crippen molar-refractivity contribution in [3.63, 3.8) is 0 Å². The number of amides is 2. The van der Waals surface area contributed by atoms with E-state index >= 15 is 0 Å². The maximum Gasteiger partial charge on any atom is 0.253 e. The fourth-order valence-electron chi connectivity index (χ4n) is 3.34. The molecule has 0 bridgehead atoms. The van der Waals surface area contributed by atoms with E-state index in [1.807, 2.05) is 49.9 Å². The van der Waals surface area contributed by atoms with Crippen LogP contribution in [0.3, 0.4) is 0 Å².